The Balaban J connectivity index is 2.26. The highest BCUT2D eigenvalue weighted by Gasteiger charge is 2.24. The molecule has 1 atom stereocenters. The van der Waals surface area contributed by atoms with Crippen LogP contribution in [0.25, 0.3) is 0 Å². The van der Waals surface area contributed by atoms with E-state index >= 15 is 0 Å². The molecule has 1 heterocycles. The van der Waals surface area contributed by atoms with Crippen molar-refractivity contribution in [1.29, 1.82) is 0 Å². The van der Waals surface area contributed by atoms with Crippen molar-refractivity contribution < 1.29 is 13.2 Å². The molecule has 0 spiro atoms. The molecule has 0 amide bonds. The van der Waals surface area contributed by atoms with Gasteiger partial charge in [-0.3, -0.25) is 0 Å². The number of methoxy groups -OCH3 is 1. The molecule has 0 saturated carbocycles. The monoisotopic (exact) mass is 270 g/mol. The van der Waals surface area contributed by atoms with Crippen LogP contribution in [0.3, 0.4) is 0 Å². The van der Waals surface area contributed by atoms with Crippen molar-refractivity contribution in [3.8, 4) is 0 Å². The van der Waals surface area contributed by atoms with Crippen LogP contribution in [-0.4, -0.2) is 41.0 Å². The minimum absolute atomic E-state index is 0.221. The van der Waals surface area contributed by atoms with Crippen LogP contribution in [0.2, 0.25) is 0 Å². The van der Waals surface area contributed by atoms with Gasteiger partial charge in [-0.2, -0.15) is 0 Å². The Hall–Kier alpha value is -1.27. The molecule has 18 heavy (non-hydrogen) atoms. The van der Waals surface area contributed by atoms with E-state index < -0.39 is 9.84 Å². The highest BCUT2D eigenvalue weighted by Crippen LogP contribution is 2.29. The van der Waals surface area contributed by atoms with Gasteiger partial charge in [0.2, 0.25) is 0 Å². The zero-order valence-electron chi connectivity index (χ0n) is 10.6. The SMILES string of the molecule is COC1CCN(c2ccc(S(C)(=O)=O)cc2N)C1. The van der Waals surface area contributed by atoms with Crippen LogP contribution < -0.4 is 10.6 Å². The summed E-state index contributed by atoms with van der Waals surface area (Å²) in [6.45, 7) is 1.67. The van der Waals surface area contributed by atoms with Gasteiger partial charge >= 0.3 is 0 Å². The van der Waals surface area contributed by atoms with Crippen molar-refractivity contribution in [3.63, 3.8) is 0 Å². The van der Waals surface area contributed by atoms with Crippen LogP contribution in [0.1, 0.15) is 6.42 Å². The average molecular weight is 270 g/mol. The Bertz CT molecular complexity index is 542. The lowest BCUT2D eigenvalue weighted by molar-refractivity contribution is 0.121. The molecule has 1 saturated heterocycles. The van der Waals surface area contributed by atoms with Crippen molar-refractivity contribution in [2.75, 3.05) is 37.1 Å². The molecule has 6 heteroatoms. The number of hydrogen-bond acceptors (Lipinski definition) is 5. The van der Waals surface area contributed by atoms with E-state index in [4.69, 9.17) is 10.5 Å². The standard InChI is InChI=1S/C12H18N2O3S/c1-17-9-5-6-14(8-9)12-4-3-10(7-11(12)13)18(2,15)16/h3-4,7,9H,5-6,8,13H2,1-2H3. The van der Waals surface area contributed by atoms with Crippen molar-refractivity contribution in [2.24, 2.45) is 0 Å². The number of nitrogens with zero attached hydrogens (tertiary/aromatic N) is 1. The summed E-state index contributed by atoms with van der Waals surface area (Å²) in [5.41, 5.74) is 7.31. The van der Waals surface area contributed by atoms with Gasteiger partial charge in [0.1, 0.15) is 0 Å². The topological polar surface area (TPSA) is 72.6 Å². The zero-order valence-corrected chi connectivity index (χ0v) is 11.4. The van der Waals surface area contributed by atoms with Crippen molar-refractivity contribution in [3.05, 3.63) is 18.2 Å². The minimum Gasteiger partial charge on any atom is -0.397 e. The Labute approximate surface area is 107 Å². The molecule has 1 aliphatic heterocycles. The van der Waals surface area contributed by atoms with Crippen LogP contribution in [-0.2, 0) is 14.6 Å². The number of hydrogen-bond donors (Lipinski definition) is 1. The third-order valence-corrected chi connectivity index (χ3v) is 4.36. The molecule has 0 bridgehead atoms. The average Bonchev–Trinajstić information content (AvgIpc) is 2.76. The number of sulfone groups is 1. The molecule has 1 unspecified atom stereocenters. The van der Waals surface area contributed by atoms with Crippen LogP contribution in [0.4, 0.5) is 11.4 Å². The van der Waals surface area contributed by atoms with E-state index in [2.05, 4.69) is 4.90 Å². The van der Waals surface area contributed by atoms with Crippen molar-refractivity contribution in [1.82, 2.24) is 0 Å². The van der Waals surface area contributed by atoms with Gasteiger partial charge in [0.15, 0.2) is 9.84 Å². The summed E-state index contributed by atoms with van der Waals surface area (Å²) in [7, 11) is -1.51. The fourth-order valence-electron chi connectivity index (χ4n) is 2.19. The summed E-state index contributed by atoms with van der Waals surface area (Å²) >= 11 is 0. The summed E-state index contributed by atoms with van der Waals surface area (Å²) in [5, 5.41) is 0. The molecule has 2 N–H and O–H groups in total. The normalized spacial score (nSPS) is 20.3. The Kier molecular flexibility index (Phi) is 3.49. The molecule has 0 aliphatic carbocycles. The van der Waals surface area contributed by atoms with Crippen molar-refractivity contribution >= 4 is 21.2 Å². The van der Waals surface area contributed by atoms with E-state index in [1.807, 2.05) is 0 Å². The molecular weight excluding hydrogens is 252 g/mol. The number of ether oxygens (including phenoxy) is 1. The largest absolute Gasteiger partial charge is 0.397 e. The number of rotatable bonds is 3. The van der Waals surface area contributed by atoms with E-state index in [0.29, 0.717) is 5.69 Å². The van der Waals surface area contributed by atoms with Crippen LogP contribution in [0, 0.1) is 0 Å². The maximum atomic E-state index is 11.4. The van der Waals surface area contributed by atoms with Gasteiger partial charge in [-0.1, -0.05) is 0 Å². The summed E-state index contributed by atoms with van der Waals surface area (Å²) in [6.07, 6.45) is 2.36. The van der Waals surface area contributed by atoms with Crippen LogP contribution in [0.5, 0.6) is 0 Å². The first-order chi connectivity index (χ1) is 8.41. The minimum atomic E-state index is -3.20. The molecule has 1 aromatic rings. The Morgan fingerprint density at radius 2 is 2.17 bits per heavy atom. The number of benzene rings is 1. The lowest BCUT2D eigenvalue weighted by Gasteiger charge is -2.20. The van der Waals surface area contributed by atoms with E-state index in [0.717, 1.165) is 25.2 Å². The first-order valence-electron chi connectivity index (χ1n) is 5.79. The molecule has 2 rings (SSSR count). The lowest BCUT2D eigenvalue weighted by Crippen LogP contribution is -2.23. The predicted molar refractivity (Wildman–Crippen MR) is 71.6 cm³/mol. The second kappa shape index (κ2) is 4.78. The molecular formula is C12H18N2O3S. The second-order valence-electron chi connectivity index (χ2n) is 4.59. The number of anilines is 2. The zero-order chi connectivity index (χ0) is 13.3. The fourth-order valence-corrected chi connectivity index (χ4v) is 2.85. The Morgan fingerprint density at radius 3 is 2.67 bits per heavy atom. The van der Waals surface area contributed by atoms with E-state index in [1.54, 1.807) is 19.2 Å². The molecule has 1 fully saturated rings. The van der Waals surface area contributed by atoms with Gasteiger partial charge in [0.05, 0.1) is 22.4 Å². The van der Waals surface area contributed by atoms with Crippen molar-refractivity contribution in [2.45, 2.75) is 17.4 Å². The van der Waals surface area contributed by atoms with Gasteiger partial charge in [-0.05, 0) is 24.6 Å². The number of nitrogen functional groups attached to an aromatic ring is 1. The smallest absolute Gasteiger partial charge is 0.175 e. The quantitative estimate of drug-likeness (QED) is 0.826. The fraction of sp³-hybridized carbons (Fsp3) is 0.500. The molecule has 0 aromatic heterocycles. The highest BCUT2D eigenvalue weighted by molar-refractivity contribution is 7.90. The van der Waals surface area contributed by atoms with Gasteiger partial charge in [-0.25, -0.2) is 8.42 Å². The second-order valence-corrected chi connectivity index (χ2v) is 6.60. The summed E-state index contributed by atoms with van der Waals surface area (Å²) in [4.78, 5) is 2.38. The summed E-state index contributed by atoms with van der Waals surface area (Å²) in [5.74, 6) is 0. The molecule has 100 valence electrons. The number of nitrogens with two attached hydrogens (primary N) is 1. The van der Waals surface area contributed by atoms with Crippen LogP contribution >= 0.6 is 0 Å². The molecule has 0 radical (unpaired) electrons. The summed E-state index contributed by atoms with van der Waals surface area (Å²) < 4.78 is 28.2. The third kappa shape index (κ3) is 2.59. The maximum absolute atomic E-state index is 11.4. The van der Waals surface area contributed by atoms with E-state index in [9.17, 15) is 8.42 Å². The first kappa shape index (κ1) is 13.2. The lowest BCUT2D eigenvalue weighted by atomic mass is 10.2. The molecule has 5 nitrogen and oxygen atoms in total. The maximum Gasteiger partial charge on any atom is 0.175 e. The van der Waals surface area contributed by atoms with Gasteiger partial charge in [-0.15, -0.1) is 0 Å². The van der Waals surface area contributed by atoms with Gasteiger partial charge in [0, 0.05) is 26.5 Å². The Morgan fingerprint density at radius 1 is 1.44 bits per heavy atom. The molecule has 1 aromatic carbocycles. The van der Waals surface area contributed by atoms with E-state index in [-0.39, 0.29) is 11.0 Å². The van der Waals surface area contributed by atoms with Gasteiger partial charge < -0.3 is 15.4 Å². The third-order valence-electron chi connectivity index (χ3n) is 3.25. The molecule has 1 aliphatic rings. The van der Waals surface area contributed by atoms with Crippen LogP contribution in [0.15, 0.2) is 23.1 Å². The van der Waals surface area contributed by atoms with Gasteiger partial charge in [0.25, 0.3) is 0 Å². The first-order valence-corrected chi connectivity index (χ1v) is 7.68. The van der Waals surface area contributed by atoms with E-state index in [1.165, 1.54) is 12.3 Å². The summed E-state index contributed by atoms with van der Waals surface area (Å²) in [6, 6.07) is 4.88. The highest BCUT2D eigenvalue weighted by atomic mass is 32.2. The predicted octanol–water partition coefficient (Wildman–Crippen LogP) is 0.897.